The number of hydrogen-bond donors (Lipinski definition) is 1. The van der Waals surface area contributed by atoms with Crippen molar-refractivity contribution in [1.29, 1.82) is 0 Å². The Morgan fingerprint density at radius 1 is 1.14 bits per heavy atom. The number of aromatic nitrogens is 2. The van der Waals surface area contributed by atoms with Gasteiger partial charge in [0.1, 0.15) is 6.04 Å². The second kappa shape index (κ2) is 10.9. The van der Waals surface area contributed by atoms with Gasteiger partial charge in [-0.15, -0.1) is 11.3 Å². The van der Waals surface area contributed by atoms with E-state index in [1.54, 1.807) is 47.3 Å². The summed E-state index contributed by atoms with van der Waals surface area (Å²) in [6.07, 6.45) is 7.92. The van der Waals surface area contributed by atoms with Crippen LogP contribution in [0.2, 0.25) is 0 Å². The Hall–Kier alpha value is -2.78. The van der Waals surface area contributed by atoms with Gasteiger partial charge in [-0.05, 0) is 48.6 Å². The molecule has 0 saturated heterocycles. The quantitative estimate of drug-likeness (QED) is 0.445. The first kappa shape index (κ1) is 25.3. The summed E-state index contributed by atoms with van der Waals surface area (Å²) in [5.41, 5.74) is 1.89. The first-order valence-electron chi connectivity index (χ1n) is 12.0. The van der Waals surface area contributed by atoms with Gasteiger partial charge in [-0.2, -0.15) is 0 Å². The summed E-state index contributed by atoms with van der Waals surface area (Å²) >= 11 is 1.35. The fraction of sp³-hybridized carbons (Fsp3) is 0.423. The largest absolute Gasteiger partial charge is 0.300 e. The van der Waals surface area contributed by atoms with Gasteiger partial charge in [-0.25, -0.2) is 13.4 Å². The zero-order valence-corrected chi connectivity index (χ0v) is 21.7. The molecule has 7 nitrogen and oxygen atoms in total. The molecule has 1 aliphatic rings. The number of nitrogens with one attached hydrogen (secondary N) is 1. The molecular formula is C26H31N3O4S2. The average Bonchev–Trinajstić information content (AvgIpc) is 3.36. The zero-order chi connectivity index (χ0) is 25.0. The Morgan fingerprint density at radius 3 is 2.46 bits per heavy atom. The topological polar surface area (TPSA) is 98.1 Å². The molecule has 9 heteroatoms. The molecule has 35 heavy (non-hydrogen) atoms. The Bertz CT molecular complexity index is 1320. The lowest BCUT2D eigenvalue weighted by Gasteiger charge is -2.28. The van der Waals surface area contributed by atoms with Crippen molar-refractivity contribution in [1.82, 2.24) is 9.55 Å². The van der Waals surface area contributed by atoms with E-state index < -0.39 is 15.9 Å². The summed E-state index contributed by atoms with van der Waals surface area (Å²) in [5, 5.41) is 5.21. The molecule has 0 aliphatic heterocycles. The number of amides is 1. The maximum absolute atomic E-state index is 13.4. The van der Waals surface area contributed by atoms with Crippen LogP contribution in [0.15, 0.2) is 57.7 Å². The zero-order valence-electron chi connectivity index (χ0n) is 20.1. The van der Waals surface area contributed by atoms with Gasteiger partial charge >= 0.3 is 0 Å². The molecule has 0 radical (unpaired) electrons. The highest BCUT2D eigenvalue weighted by atomic mass is 32.2. The van der Waals surface area contributed by atoms with Crippen molar-refractivity contribution in [2.75, 3.05) is 11.1 Å². The second-order valence-corrected chi connectivity index (χ2v) is 12.3. The Morgan fingerprint density at radius 2 is 1.86 bits per heavy atom. The molecular weight excluding hydrogens is 482 g/mol. The van der Waals surface area contributed by atoms with Gasteiger partial charge in [0.25, 0.3) is 5.56 Å². The fourth-order valence-corrected chi connectivity index (χ4v) is 6.26. The normalized spacial score (nSPS) is 15.6. The van der Waals surface area contributed by atoms with E-state index in [4.69, 9.17) is 0 Å². The molecule has 1 aromatic carbocycles. The van der Waals surface area contributed by atoms with Crippen LogP contribution in [0, 0.1) is 12.8 Å². The minimum absolute atomic E-state index is 0.0347. The molecule has 1 amide bonds. The lowest BCUT2D eigenvalue weighted by atomic mass is 9.84. The van der Waals surface area contributed by atoms with Crippen LogP contribution in [0.5, 0.6) is 0 Å². The van der Waals surface area contributed by atoms with Crippen LogP contribution in [0.25, 0.3) is 11.1 Å². The second-order valence-electron chi connectivity index (χ2n) is 9.10. The van der Waals surface area contributed by atoms with Gasteiger partial charge in [-0.1, -0.05) is 51.2 Å². The number of carbonyl (C=O) groups is 1. The monoisotopic (exact) mass is 513 g/mol. The Labute approximate surface area is 210 Å². The van der Waals surface area contributed by atoms with Crippen LogP contribution in [0.1, 0.15) is 57.2 Å². The number of benzene rings is 1. The third-order valence-corrected chi connectivity index (χ3v) is 9.18. The van der Waals surface area contributed by atoms with E-state index in [0.717, 1.165) is 31.2 Å². The minimum atomic E-state index is -3.29. The molecule has 1 saturated carbocycles. The first-order chi connectivity index (χ1) is 16.8. The smallest absolute Gasteiger partial charge is 0.252 e. The number of carbonyl (C=O) groups excluding carboxylic acids is 1. The molecule has 1 aliphatic carbocycles. The third kappa shape index (κ3) is 5.90. The number of aryl methyl sites for hydroxylation is 1. The summed E-state index contributed by atoms with van der Waals surface area (Å²) in [4.78, 5) is 31.1. The van der Waals surface area contributed by atoms with Gasteiger partial charge in [0.15, 0.2) is 15.0 Å². The van der Waals surface area contributed by atoms with Gasteiger partial charge in [0.2, 0.25) is 5.91 Å². The van der Waals surface area contributed by atoms with Crippen molar-refractivity contribution >= 4 is 32.2 Å². The summed E-state index contributed by atoms with van der Waals surface area (Å²) in [6, 6.07) is 9.37. The highest BCUT2D eigenvalue weighted by Gasteiger charge is 2.28. The van der Waals surface area contributed by atoms with Crippen molar-refractivity contribution in [2.24, 2.45) is 5.92 Å². The highest BCUT2D eigenvalue weighted by Crippen LogP contribution is 2.32. The number of sulfone groups is 1. The van der Waals surface area contributed by atoms with Crippen molar-refractivity contribution in [3.63, 3.8) is 0 Å². The van der Waals surface area contributed by atoms with Crippen LogP contribution >= 0.6 is 11.3 Å². The van der Waals surface area contributed by atoms with Crippen LogP contribution < -0.4 is 10.9 Å². The molecule has 0 spiro atoms. The van der Waals surface area contributed by atoms with E-state index in [9.17, 15) is 18.0 Å². The summed E-state index contributed by atoms with van der Waals surface area (Å²) in [6.45, 7) is 3.45. The molecule has 3 aromatic rings. The van der Waals surface area contributed by atoms with E-state index >= 15 is 0 Å². The SMILES string of the molecule is CCS(=O)(=O)c1ccc(-c2cc(C)n([C@@H](CC3CCCCC3)C(=O)Nc3nccs3)c(=O)c2)cc1. The molecule has 4 rings (SSSR count). The minimum Gasteiger partial charge on any atom is -0.300 e. The molecule has 186 valence electrons. The van der Waals surface area contributed by atoms with Gasteiger partial charge in [0, 0.05) is 23.3 Å². The van der Waals surface area contributed by atoms with E-state index in [-0.39, 0.29) is 22.1 Å². The number of hydrogen-bond acceptors (Lipinski definition) is 6. The van der Waals surface area contributed by atoms with E-state index in [1.165, 1.54) is 23.8 Å². The highest BCUT2D eigenvalue weighted by molar-refractivity contribution is 7.91. The van der Waals surface area contributed by atoms with Crippen LogP contribution in [0.4, 0.5) is 5.13 Å². The summed E-state index contributed by atoms with van der Waals surface area (Å²) in [7, 11) is -3.29. The van der Waals surface area contributed by atoms with Crippen molar-refractivity contribution in [3.8, 4) is 11.1 Å². The van der Waals surface area contributed by atoms with E-state index in [1.807, 2.05) is 13.0 Å². The number of rotatable bonds is 8. The molecule has 1 N–H and O–H groups in total. The van der Waals surface area contributed by atoms with Crippen LogP contribution in [0.3, 0.4) is 0 Å². The van der Waals surface area contributed by atoms with Gasteiger partial charge in [-0.3, -0.25) is 9.59 Å². The molecule has 0 unspecified atom stereocenters. The predicted octanol–water partition coefficient (Wildman–Crippen LogP) is 5.22. The molecule has 2 aromatic heterocycles. The first-order valence-corrected chi connectivity index (χ1v) is 14.6. The Kier molecular flexibility index (Phi) is 7.86. The summed E-state index contributed by atoms with van der Waals surface area (Å²) < 4.78 is 25.8. The third-order valence-electron chi connectivity index (χ3n) is 6.75. The van der Waals surface area contributed by atoms with Crippen molar-refractivity contribution in [2.45, 2.75) is 63.3 Å². The molecule has 1 fully saturated rings. The molecule has 1 atom stereocenters. The standard InChI is InChI=1S/C26H31N3O4S2/c1-3-35(32,33)22-11-9-20(10-12-22)21-15-18(2)29(24(30)17-21)23(16-19-7-5-4-6-8-19)25(31)28-26-27-13-14-34-26/h9-15,17,19,23H,3-8,16H2,1-2H3,(H,27,28,31)/t23-/m0/s1. The maximum atomic E-state index is 13.4. The van der Waals surface area contributed by atoms with E-state index in [0.29, 0.717) is 28.7 Å². The Balaban J connectivity index is 1.66. The number of anilines is 1. The molecule has 0 bridgehead atoms. The van der Waals surface area contributed by atoms with Crippen LogP contribution in [-0.2, 0) is 14.6 Å². The van der Waals surface area contributed by atoms with Gasteiger partial charge in [0.05, 0.1) is 10.6 Å². The maximum Gasteiger partial charge on any atom is 0.252 e. The van der Waals surface area contributed by atoms with Crippen LogP contribution in [-0.4, -0.2) is 29.6 Å². The number of thiazole rings is 1. The molecule has 2 heterocycles. The number of pyridine rings is 1. The predicted molar refractivity (Wildman–Crippen MR) is 140 cm³/mol. The van der Waals surface area contributed by atoms with E-state index in [2.05, 4.69) is 10.3 Å². The van der Waals surface area contributed by atoms with Gasteiger partial charge < -0.3 is 9.88 Å². The van der Waals surface area contributed by atoms with Crippen molar-refractivity contribution in [3.05, 3.63) is 64.0 Å². The summed E-state index contributed by atoms with van der Waals surface area (Å²) in [5.74, 6) is 0.208. The lowest BCUT2D eigenvalue weighted by Crippen LogP contribution is -2.36. The van der Waals surface area contributed by atoms with Crippen molar-refractivity contribution < 1.29 is 13.2 Å². The average molecular weight is 514 g/mol. The number of nitrogens with zero attached hydrogens (tertiary/aromatic N) is 2. The fourth-order valence-electron chi connectivity index (χ4n) is 4.84. The lowest BCUT2D eigenvalue weighted by molar-refractivity contribution is -0.120.